The quantitative estimate of drug-likeness (QED) is 0.401. The second kappa shape index (κ2) is 11.3. The molecule has 4 aromatic rings. The van der Waals surface area contributed by atoms with Crippen LogP contribution in [0.25, 0.3) is 16.8 Å². The lowest BCUT2D eigenvalue weighted by molar-refractivity contribution is -0.126. The topological polar surface area (TPSA) is 182 Å². The number of carbonyl (C=O) groups excluding carboxylic acids is 2. The Bertz CT molecular complexity index is 1470. The summed E-state index contributed by atoms with van der Waals surface area (Å²) in [5.74, 6) is 6.39. The Morgan fingerprint density at radius 1 is 1.08 bits per heavy atom. The molecule has 1 aliphatic heterocycles. The molecule has 4 heterocycles. The van der Waals surface area contributed by atoms with Crippen molar-refractivity contribution in [2.45, 2.75) is 25.8 Å². The Labute approximate surface area is 213 Å². The number of aromatic nitrogens is 4. The first kappa shape index (κ1) is 26.8. The smallest absolute Gasteiger partial charge is 0.299 e. The van der Waals surface area contributed by atoms with Crippen LogP contribution in [0.5, 0.6) is 0 Å². The van der Waals surface area contributed by atoms with E-state index in [1.165, 1.54) is 0 Å². The molecule has 0 aliphatic carbocycles. The summed E-state index contributed by atoms with van der Waals surface area (Å²) in [5.41, 5.74) is 8.84. The van der Waals surface area contributed by atoms with Gasteiger partial charge in [-0.2, -0.15) is 0 Å². The van der Waals surface area contributed by atoms with E-state index in [0.717, 1.165) is 18.4 Å². The molecule has 1 aliphatic rings. The largest absolute Gasteiger partial charge is 0.412 e. The summed E-state index contributed by atoms with van der Waals surface area (Å²) in [5, 5.41) is 2.77. The number of nitrogens with two attached hydrogens (primary N) is 1. The van der Waals surface area contributed by atoms with Gasteiger partial charge >= 0.3 is 0 Å². The fraction of sp³-hybridized carbons (Fsp3) is 0.192. The Hall–Kier alpha value is -4.79. The molecule has 1 unspecified atom stereocenters. The standard InChI is InChI=1S/C26H23N7O2.2H2O/c1-2-6-21(34)32-15-5-7-19(32)25-31-22(23-24(27)29-14-16-33(23)25)17-9-11-18(12-10-17)26(35)30-20-8-3-4-13-28-20;;/h3-4,8-14,16,19H,5,7,15H2,1H3,(H2,27,29)(H,28,30,35);2*1H2. The molecule has 1 fully saturated rings. The average molecular weight is 502 g/mol. The minimum Gasteiger partial charge on any atom is -0.412 e. The van der Waals surface area contributed by atoms with Crippen LogP contribution in [-0.2, 0) is 4.79 Å². The van der Waals surface area contributed by atoms with Crippen LogP contribution in [0, 0.1) is 11.8 Å². The van der Waals surface area contributed by atoms with Crippen molar-refractivity contribution in [2.75, 3.05) is 17.6 Å². The molecule has 190 valence electrons. The van der Waals surface area contributed by atoms with Gasteiger partial charge in [0.2, 0.25) is 0 Å². The first-order valence-electron chi connectivity index (χ1n) is 11.3. The summed E-state index contributed by atoms with van der Waals surface area (Å²) >= 11 is 0. The average Bonchev–Trinajstić information content (AvgIpc) is 3.51. The van der Waals surface area contributed by atoms with Crippen molar-refractivity contribution < 1.29 is 20.5 Å². The molecule has 1 atom stereocenters. The first-order valence-corrected chi connectivity index (χ1v) is 11.3. The maximum Gasteiger partial charge on any atom is 0.299 e. The maximum absolute atomic E-state index is 12.6. The molecule has 0 radical (unpaired) electrons. The van der Waals surface area contributed by atoms with Crippen LogP contribution < -0.4 is 11.1 Å². The lowest BCUT2D eigenvalue weighted by Gasteiger charge is -2.21. The van der Waals surface area contributed by atoms with Crippen LogP contribution in [0.2, 0.25) is 0 Å². The molecule has 11 nitrogen and oxygen atoms in total. The molecule has 7 N–H and O–H groups in total. The maximum atomic E-state index is 12.6. The lowest BCUT2D eigenvalue weighted by Crippen LogP contribution is -2.30. The van der Waals surface area contributed by atoms with Crippen LogP contribution in [0.1, 0.15) is 42.0 Å². The molecule has 0 bridgehead atoms. The van der Waals surface area contributed by atoms with Crippen LogP contribution in [0.4, 0.5) is 11.6 Å². The van der Waals surface area contributed by atoms with Gasteiger partial charge < -0.3 is 26.9 Å². The van der Waals surface area contributed by atoms with E-state index in [0.29, 0.717) is 40.8 Å². The summed E-state index contributed by atoms with van der Waals surface area (Å²) in [6.45, 7) is 2.28. The summed E-state index contributed by atoms with van der Waals surface area (Å²) < 4.78 is 1.90. The predicted molar refractivity (Wildman–Crippen MR) is 139 cm³/mol. The zero-order valence-electron chi connectivity index (χ0n) is 20.1. The molecule has 5 rings (SSSR count). The number of pyridine rings is 1. The summed E-state index contributed by atoms with van der Waals surface area (Å²) in [6, 6.07) is 12.2. The van der Waals surface area contributed by atoms with Gasteiger partial charge in [-0.1, -0.05) is 24.1 Å². The van der Waals surface area contributed by atoms with E-state index in [-0.39, 0.29) is 28.8 Å². The van der Waals surface area contributed by atoms with Crippen molar-refractivity contribution in [2.24, 2.45) is 0 Å². The minimum absolute atomic E-state index is 0. The number of imidazole rings is 1. The third-order valence-corrected chi connectivity index (χ3v) is 5.98. The molecule has 0 saturated carbocycles. The fourth-order valence-electron chi connectivity index (χ4n) is 4.39. The monoisotopic (exact) mass is 501 g/mol. The summed E-state index contributed by atoms with van der Waals surface area (Å²) in [4.78, 5) is 40.3. The van der Waals surface area contributed by atoms with Gasteiger partial charge in [-0.15, -0.1) is 0 Å². The van der Waals surface area contributed by atoms with Crippen molar-refractivity contribution in [3.05, 3.63) is 72.4 Å². The molecule has 11 heteroatoms. The van der Waals surface area contributed by atoms with Gasteiger partial charge in [0, 0.05) is 36.3 Å². The van der Waals surface area contributed by atoms with Crippen molar-refractivity contribution in [1.82, 2.24) is 24.3 Å². The van der Waals surface area contributed by atoms with E-state index >= 15 is 0 Å². The number of benzene rings is 1. The summed E-state index contributed by atoms with van der Waals surface area (Å²) in [6.07, 6.45) is 6.69. The van der Waals surface area contributed by atoms with Gasteiger partial charge in [-0.05, 0) is 50.0 Å². The van der Waals surface area contributed by atoms with Gasteiger partial charge in [0.15, 0.2) is 0 Å². The number of hydrogen-bond acceptors (Lipinski definition) is 6. The second-order valence-electron chi connectivity index (χ2n) is 8.13. The third-order valence-electron chi connectivity index (χ3n) is 5.98. The zero-order chi connectivity index (χ0) is 24.4. The van der Waals surface area contributed by atoms with Crippen LogP contribution in [0.3, 0.4) is 0 Å². The zero-order valence-corrected chi connectivity index (χ0v) is 20.1. The van der Waals surface area contributed by atoms with Crippen LogP contribution >= 0.6 is 0 Å². The Morgan fingerprint density at radius 2 is 1.86 bits per heavy atom. The van der Waals surface area contributed by atoms with Gasteiger partial charge in [-0.25, -0.2) is 15.0 Å². The lowest BCUT2D eigenvalue weighted by atomic mass is 10.1. The highest BCUT2D eigenvalue weighted by molar-refractivity contribution is 6.04. The molecule has 1 aromatic carbocycles. The van der Waals surface area contributed by atoms with E-state index in [2.05, 4.69) is 27.1 Å². The molecule has 2 amide bonds. The van der Waals surface area contributed by atoms with Gasteiger partial charge in [-0.3, -0.25) is 14.0 Å². The number of amides is 2. The van der Waals surface area contributed by atoms with Gasteiger partial charge in [0.1, 0.15) is 28.7 Å². The summed E-state index contributed by atoms with van der Waals surface area (Å²) in [7, 11) is 0. The molecular formula is C26H27N7O4. The van der Waals surface area contributed by atoms with Crippen LogP contribution in [-0.4, -0.2) is 53.6 Å². The highest BCUT2D eigenvalue weighted by Crippen LogP contribution is 2.36. The highest BCUT2D eigenvalue weighted by atomic mass is 16.2. The van der Waals surface area contributed by atoms with E-state index < -0.39 is 0 Å². The SMILES string of the molecule is CC#CC(=O)N1CCCC1c1nc(-c2ccc(C(=O)Nc3ccccn3)cc2)c2c(N)nccn12.O.O. The van der Waals surface area contributed by atoms with Crippen molar-refractivity contribution in [3.63, 3.8) is 0 Å². The molecule has 37 heavy (non-hydrogen) atoms. The number of rotatable bonds is 4. The van der Waals surface area contributed by atoms with E-state index in [1.807, 2.05) is 16.5 Å². The number of nitrogen functional groups attached to an aromatic ring is 1. The number of nitrogens with one attached hydrogen (secondary N) is 1. The molecule has 0 spiro atoms. The number of fused-ring (bicyclic) bond motifs is 1. The van der Waals surface area contributed by atoms with E-state index in [9.17, 15) is 9.59 Å². The Morgan fingerprint density at radius 3 is 2.57 bits per heavy atom. The van der Waals surface area contributed by atoms with E-state index in [1.54, 1.807) is 60.7 Å². The predicted octanol–water partition coefficient (Wildman–Crippen LogP) is 1.66. The molecule has 3 aromatic heterocycles. The third kappa shape index (κ3) is 5.11. The molecular weight excluding hydrogens is 474 g/mol. The van der Waals surface area contributed by atoms with Gasteiger partial charge in [0.25, 0.3) is 11.8 Å². The van der Waals surface area contributed by atoms with Gasteiger partial charge in [0.05, 0.1) is 6.04 Å². The Balaban J connectivity index is 0.00000190. The Kier molecular flexibility index (Phi) is 8.19. The molecule has 1 saturated heterocycles. The highest BCUT2D eigenvalue weighted by Gasteiger charge is 2.33. The van der Waals surface area contributed by atoms with Crippen LogP contribution in [0.15, 0.2) is 61.1 Å². The van der Waals surface area contributed by atoms with Crippen molar-refractivity contribution >= 4 is 29.0 Å². The number of nitrogens with zero attached hydrogens (tertiary/aromatic N) is 5. The number of carbonyl (C=O) groups is 2. The number of likely N-dealkylation sites (tertiary alicyclic amines) is 1. The van der Waals surface area contributed by atoms with Crippen molar-refractivity contribution in [3.8, 4) is 23.1 Å². The second-order valence-corrected chi connectivity index (χ2v) is 8.13. The first-order chi connectivity index (χ1) is 17.1. The fourth-order valence-corrected chi connectivity index (χ4v) is 4.39. The van der Waals surface area contributed by atoms with E-state index in [4.69, 9.17) is 10.7 Å². The minimum atomic E-state index is -0.260. The number of anilines is 2. The van der Waals surface area contributed by atoms with Crippen molar-refractivity contribution in [1.29, 1.82) is 0 Å². The normalized spacial score (nSPS) is 14.2. The number of hydrogen-bond donors (Lipinski definition) is 2.